The third-order valence-corrected chi connectivity index (χ3v) is 2.32. The molecule has 1 aromatic rings. The Kier molecular flexibility index (Phi) is 3.52. The monoisotopic (exact) mass is 213 g/mol. The van der Waals surface area contributed by atoms with Crippen LogP contribution in [-0.4, -0.2) is 11.8 Å². The quantitative estimate of drug-likeness (QED) is 0.782. The summed E-state index contributed by atoms with van der Waals surface area (Å²) in [6, 6.07) is 1.86. The maximum Gasteiger partial charge on any atom is 0.182 e. The van der Waals surface area contributed by atoms with E-state index in [1.165, 1.54) is 19.1 Å². The fraction of sp³-hybridized carbons (Fsp3) is 0.364. The number of hydrogen-bond donors (Lipinski definition) is 1. The Hall–Kier alpha value is -1.29. The van der Waals surface area contributed by atoms with Crippen LogP contribution in [0.15, 0.2) is 12.1 Å². The van der Waals surface area contributed by atoms with E-state index in [0.717, 1.165) is 0 Å². The zero-order chi connectivity index (χ0) is 11.6. The van der Waals surface area contributed by atoms with E-state index in [-0.39, 0.29) is 11.1 Å². The lowest BCUT2D eigenvalue weighted by atomic mass is 10.0. The van der Waals surface area contributed by atoms with Gasteiger partial charge in [0.1, 0.15) is 0 Å². The highest BCUT2D eigenvalue weighted by atomic mass is 19.2. The Labute approximate surface area is 87.1 Å². The largest absolute Gasteiger partial charge is 0.321 e. The second-order valence-corrected chi connectivity index (χ2v) is 3.44. The number of carbonyl (C=O) groups excluding carboxylic acids is 1. The Morgan fingerprint density at radius 1 is 1.40 bits per heavy atom. The van der Waals surface area contributed by atoms with Gasteiger partial charge in [0.2, 0.25) is 0 Å². The maximum absolute atomic E-state index is 13.4. The standard InChI is InChI=1S/C11H13F2NO/c1-3-8(14)11(15)7-5-4-6(2)9(12)10(7)13/h4-5,8H,3,14H2,1-2H3. The summed E-state index contributed by atoms with van der Waals surface area (Å²) in [7, 11) is 0. The summed E-state index contributed by atoms with van der Waals surface area (Å²) in [6.07, 6.45) is 0.397. The molecule has 0 heterocycles. The van der Waals surface area contributed by atoms with Gasteiger partial charge >= 0.3 is 0 Å². The molecule has 0 amide bonds. The minimum Gasteiger partial charge on any atom is -0.321 e. The molecule has 1 unspecified atom stereocenters. The van der Waals surface area contributed by atoms with Crippen LogP contribution in [0.3, 0.4) is 0 Å². The number of rotatable bonds is 3. The van der Waals surface area contributed by atoms with Crippen LogP contribution in [0.2, 0.25) is 0 Å². The molecule has 0 saturated heterocycles. The molecule has 1 atom stereocenters. The number of halogens is 2. The molecule has 0 aliphatic rings. The van der Waals surface area contributed by atoms with E-state index in [0.29, 0.717) is 6.42 Å². The van der Waals surface area contributed by atoms with E-state index in [1.54, 1.807) is 6.92 Å². The first kappa shape index (κ1) is 11.8. The Morgan fingerprint density at radius 3 is 2.53 bits per heavy atom. The molecular formula is C11H13F2NO. The molecule has 4 heteroatoms. The molecule has 0 saturated carbocycles. The average molecular weight is 213 g/mol. The fourth-order valence-corrected chi connectivity index (χ4v) is 1.22. The first-order valence-electron chi connectivity index (χ1n) is 4.73. The topological polar surface area (TPSA) is 43.1 Å². The highest BCUT2D eigenvalue weighted by Crippen LogP contribution is 2.17. The van der Waals surface area contributed by atoms with E-state index in [4.69, 9.17) is 5.73 Å². The van der Waals surface area contributed by atoms with Crippen LogP contribution in [0.25, 0.3) is 0 Å². The zero-order valence-electron chi connectivity index (χ0n) is 8.68. The summed E-state index contributed by atoms with van der Waals surface area (Å²) in [6.45, 7) is 3.15. The molecule has 2 N–H and O–H groups in total. The first-order valence-corrected chi connectivity index (χ1v) is 4.73. The zero-order valence-corrected chi connectivity index (χ0v) is 8.68. The van der Waals surface area contributed by atoms with Crippen LogP contribution in [0.4, 0.5) is 8.78 Å². The van der Waals surface area contributed by atoms with Crippen molar-refractivity contribution in [3.05, 3.63) is 34.9 Å². The summed E-state index contributed by atoms with van der Waals surface area (Å²) in [5, 5.41) is 0. The summed E-state index contributed by atoms with van der Waals surface area (Å²) >= 11 is 0. The lowest BCUT2D eigenvalue weighted by Gasteiger charge is -2.09. The molecule has 0 spiro atoms. The highest BCUT2D eigenvalue weighted by molar-refractivity contribution is 6.00. The van der Waals surface area contributed by atoms with Gasteiger partial charge in [-0.2, -0.15) is 0 Å². The number of aryl methyl sites for hydroxylation is 1. The van der Waals surface area contributed by atoms with Crippen LogP contribution in [0, 0.1) is 18.6 Å². The first-order chi connectivity index (χ1) is 6.99. The smallest absolute Gasteiger partial charge is 0.182 e. The molecule has 0 radical (unpaired) electrons. The molecule has 0 aliphatic carbocycles. The molecule has 1 rings (SSSR count). The molecule has 0 fully saturated rings. The summed E-state index contributed by atoms with van der Waals surface area (Å²) in [4.78, 5) is 11.5. The maximum atomic E-state index is 13.4. The number of carbonyl (C=O) groups is 1. The minimum absolute atomic E-state index is 0.175. The third-order valence-electron chi connectivity index (χ3n) is 2.32. The number of benzene rings is 1. The van der Waals surface area contributed by atoms with Gasteiger partial charge < -0.3 is 5.73 Å². The van der Waals surface area contributed by atoms with Crippen LogP contribution in [0.5, 0.6) is 0 Å². The van der Waals surface area contributed by atoms with Crippen LogP contribution < -0.4 is 5.73 Å². The Bertz CT molecular complexity index is 390. The molecule has 0 aromatic heterocycles. The van der Waals surface area contributed by atoms with Gasteiger partial charge in [0.25, 0.3) is 0 Å². The minimum atomic E-state index is -1.11. The predicted molar refractivity (Wildman–Crippen MR) is 53.7 cm³/mol. The molecule has 0 bridgehead atoms. The van der Waals surface area contributed by atoms with Crippen LogP contribution in [0.1, 0.15) is 29.3 Å². The average Bonchev–Trinajstić information content (AvgIpc) is 2.24. The second kappa shape index (κ2) is 4.49. The van der Waals surface area contributed by atoms with Gasteiger partial charge in [-0.25, -0.2) is 8.78 Å². The Morgan fingerprint density at radius 2 is 2.00 bits per heavy atom. The third kappa shape index (κ3) is 2.21. The number of hydrogen-bond acceptors (Lipinski definition) is 2. The van der Waals surface area contributed by atoms with Crippen molar-refractivity contribution in [2.45, 2.75) is 26.3 Å². The Balaban J connectivity index is 3.16. The second-order valence-electron chi connectivity index (χ2n) is 3.44. The van der Waals surface area contributed by atoms with E-state index in [1.807, 2.05) is 0 Å². The molecule has 15 heavy (non-hydrogen) atoms. The van der Waals surface area contributed by atoms with Gasteiger partial charge in [-0.3, -0.25) is 4.79 Å². The molecule has 82 valence electrons. The normalized spacial score (nSPS) is 12.6. The van der Waals surface area contributed by atoms with Gasteiger partial charge in [0.05, 0.1) is 11.6 Å². The van der Waals surface area contributed by atoms with Gasteiger partial charge in [0, 0.05) is 0 Å². The van der Waals surface area contributed by atoms with Gasteiger partial charge in [-0.1, -0.05) is 13.0 Å². The lowest BCUT2D eigenvalue weighted by Crippen LogP contribution is -2.30. The van der Waals surface area contributed by atoms with Crippen molar-refractivity contribution in [3.8, 4) is 0 Å². The van der Waals surface area contributed by atoms with Crippen molar-refractivity contribution < 1.29 is 13.6 Å². The fourth-order valence-electron chi connectivity index (χ4n) is 1.22. The van der Waals surface area contributed by atoms with Crippen molar-refractivity contribution in [1.82, 2.24) is 0 Å². The number of ketones is 1. The van der Waals surface area contributed by atoms with Crippen molar-refractivity contribution in [1.29, 1.82) is 0 Å². The van der Waals surface area contributed by atoms with E-state index >= 15 is 0 Å². The summed E-state index contributed by atoms with van der Waals surface area (Å²) in [5.41, 5.74) is 5.37. The van der Waals surface area contributed by atoms with Gasteiger partial charge in [-0.05, 0) is 25.0 Å². The predicted octanol–water partition coefficient (Wildman–Crippen LogP) is 2.19. The van der Waals surface area contributed by atoms with Gasteiger partial charge in [-0.15, -0.1) is 0 Å². The lowest BCUT2D eigenvalue weighted by molar-refractivity contribution is 0.0954. The van der Waals surface area contributed by atoms with Gasteiger partial charge in [0.15, 0.2) is 17.4 Å². The van der Waals surface area contributed by atoms with Crippen LogP contribution >= 0.6 is 0 Å². The summed E-state index contributed by atoms with van der Waals surface area (Å²) < 4.78 is 26.5. The molecule has 1 aromatic carbocycles. The van der Waals surface area contributed by atoms with E-state index in [2.05, 4.69) is 0 Å². The molecular weight excluding hydrogens is 200 g/mol. The van der Waals surface area contributed by atoms with Crippen molar-refractivity contribution in [2.24, 2.45) is 5.73 Å². The summed E-state index contributed by atoms with van der Waals surface area (Å²) in [5.74, 6) is -2.65. The van der Waals surface area contributed by atoms with Crippen molar-refractivity contribution >= 4 is 5.78 Å². The highest BCUT2D eigenvalue weighted by Gasteiger charge is 2.20. The van der Waals surface area contributed by atoms with E-state index < -0.39 is 23.5 Å². The van der Waals surface area contributed by atoms with E-state index in [9.17, 15) is 13.6 Å². The SMILES string of the molecule is CCC(N)C(=O)c1ccc(C)c(F)c1F. The molecule has 0 aliphatic heterocycles. The van der Waals surface area contributed by atoms with Crippen molar-refractivity contribution in [2.75, 3.05) is 0 Å². The molecule has 2 nitrogen and oxygen atoms in total. The number of nitrogens with two attached hydrogens (primary N) is 1. The number of Topliss-reactive ketones (excluding diaryl/α,β-unsaturated/α-hetero) is 1. The van der Waals surface area contributed by atoms with Crippen molar-refractivity contribution in [3.63, 3.8) is 0 Å². The van der Waals surface area contributed by atoms with Crippen LogP contribution in [-0.2, 0) is 0 Å².